The van der Waals surface area contributed by atoms with Crippen LogP contribution in [0.3, 0.4) is 0 Å². The fraction of sp³-hybridized carbons (Fsp3) is 0.750. The van der Waals surface area contributed by atoms with Crippen molar-refractivity contribution < 1.29 is 9.21 Å². The van der Waals surface area contributed by atoms with E-state index in [1.54, 1.807) is 11.8 Å². The smallest absolute Gasteiger partial charge is 0.273 e. The summed E-state index contributed by atoms with van der Waals surface area (Å²) >= 11 is 1.74. The van der Waals surface area contributed by atoms with Crippen molar-refractivity contribution in [3.63, 3.8) is 0 Å². The number of rotatable bonds is 6. The van der Waals surface area contributed by atoms with E-state index in [4.69, 9.17) is 10.2 Å². The molecule has 0 radical (unpaired) electrons. The predicted octanol–water partition coefficient (Wildman–Crippen LogP) is 3.27. The molecule has 1 fully saturated rings. The lowest BCUT2D eigenvalue weighted by molar-refractivity contribution is 0.0925. The van der Waals surface area contributed by atoms with E-state index >= 15 is 0 Å². The van der Waals surface area contributed by atoms with Crippen molar-refractivity contribution in [2.75, 3.05) is 12.0 Å². The average molecular weight is 325 g/mol. The number of aromatic nitrogens is 1. The minimum Gasteiger partial charge on any atom is -0.446 e. The number of hydrogen-bond acceptors (Lipinski definition) is 5. The van der Waals surface area contributed by atoms with Crippen LogP contribution in [0, 0.1) is 0 Å². The molecule has 0 bridgehead atoms. The highest BCUT2D eigenvalue weighted by Gasteiger charge is 2.20. The van der Waals surface area contributed by atoms with Gasteiger partial charge in [0.2, 0.25) is 5.89 Å². The number of hydrogen-bond donors (Lipinski definition) is 2. The maximum Gasteiger partial charge on any atom is 0.273 e. The third-order valence-electron chi connectivity index (χ3n) is 4.15. The van der Waals surface area contributed by atoms with Crippen molar-refractivity contribution in [1.82, 2.24) is 10.3 Å². The average Bonchev–Trinajstić information content (AvgIpc) is 2.97. The number of carbonyl (C=O) groups is 1. The summed E-state index contributed by atoms with van der Waals surface area (Å²) in [5.74, 6) is 1.27. The Morgan fingerprint density at radius 3 is 2.77 bits per heavy atom. The van der Waals surface area contributed by atoms with Crippen LogP contribution in [-0.4, -0.2) is 28.9 Å². The van der Waals surface area contributed by atoms with Gasteiger partial charge in [0.25, 0.3) is 5.91 Å². The van der Waals surface area contributed by atoms with E-state index in [9.17, 15) is 4.79 Å². The molecule has 1 unspecified atom stereocenters. The number of amides is 1. The summed E-state index contributed by atoms with van der Waals surface area (Å²) in [5, 5.41) is 3.09. The maximum atomic E-state index is 12.3. The first-order chi connectivity index (χ1) is 10.7. The standard InChI is InChI=1S/C16H27N3O2S/c1-22-10-9-13(17)16-19-14(11-21-16)15(20)18-12-7-5-3-2-4-6-8-12/h11-13H,2-10,17H2,1H3,(H,18,20). The van der Waals surface area contributed by atoms with E-state index in [2.05, 4.69) is 10.3 Å². The van der Waals surface area contributed by atoms with Crippen LogP contribution in [0.5, 0.6) is 0 Å². The Balaban J connectivity index is 1.87. The zero-order chi connectivity index (χ0) is 15.8. The SMILES string of the molecule is CSCCC(N)c1nc(C(=O)NC2CCCCCCC2)co1. The molecule has 124 valence electrons. The number of carbonyl (C=O) groups excluding carboxylic acids is 1. The van der Waals surface area contributed by atoms with Gasteiger partial charge in [0.05, 0.1) is 6.04 Å². The summed E-state index contributed by atoms with van der Waals surface area (Å²) in [6.45, 7) is 0. The molecule has 0 aliphatic heterocycles. The Morgan fingerprint density at radius 2 is 2.09 bits per heavy atom. The summed E-state index contributed by atoms with van der Waals surface area (Å²) in [7, 11) is 0. The third kappa shape index (κ3) is 5.32. The molecule has 0 aromatic carbocycles. The van der Waals surface area contributed by atoms with E-state index in [1.165, 1.54) is 38.4 Å². The van der Waals surface area contributed by atoms with Crippen LogP contribution in [0.1, 0.15) is 73.8 Å². The highest BCUT2D eigenvalue weighted by Crippen LogP contribution is 2.18. The largest absolute Gasteiger partial charge is 0.446 e. The van der Waals surface area contributed by atoms with Crippen molar-refractivity contribution >= 4 is 17.7 Å². The van der Waals surface area contributed by atoms with Gasteiger partial charge in [-0.1, -0.05) is 32.1 Å². The van der Waals surface area contributed by atoms with Crippen LogP contribution < -0.4 is 11.1 Å². The fourth-order valence-electron chi connectivity index (χ4n) is 2.79. The lowest BCUT2D eigenvalue weighted by Gasteiger charge is -2.20. The van der Waals surface area contributed by atoms with Crippen LogP contribution >= 0.6 is 11.8 Å². The van der Waals surface area contributed by atoms with Gasteiger partial charge in [-0.05, 0) is 31.3 Å². The van der Waals surface area contributed by atoms with Crippen LogP contribution in [0.4, 0.5) is 0 Å². The molecular formula is C16H27N3O2S. The zero-order valence-corrected chi connectivity index (χ0v) is 14.2. The van der Waals surface area contributed by atoms with Gasteiger partial charge in [0.1, 0.15) is 6.26 Å². The monoisotopic (exact) mass is 325 g/mol. The van der Waals surface area contributed by atoms with Gasteiger partial charge in [0, 0.05) is 6.04 Å². The molecule has 1 heterocycles. The van der Waals surface area contributed by atoms with Crippen molar-refractivity contribution in [3.05, 3.63) is 17.8 Å². The number of nitrogens with zero attached hydrogens (tertiary/aromatic N) is 1. The lowest BCUT2D eigenvalue weighted by Crippen LogP contribution is -2.35. The second-order valence-corrected chi connectivity index (χ2v) is 6.96. The van der Waals surface area contributed by atoms with Gasteiger partial charge in [-0.15, -0.1) is 0 Å². The molecule has 3 N–H and O–H groups in total. The summed E-state index contributed by atoms with van der Waals surface area (Å²) < 4.78 is 5.37. The van der Waals surface area contributed by atoms with Crippen LogP contribution in [0.25, 0.3) is 0 Å². The first-order valence-electron chi connectivity index (χ1n) is 8.21. The number of thioether (sulfide) groups is 1. The summed E-state index contributed by atoms with van der Waals surface area (Å²) in [6.07, 6.45) is 12.6. The molecule has 1 aromatic rings. The molecule has 0 spiro atoms. The van der Waals surface area contributed by atoms with Crippen LogP contribution in [0.2, 0.25) is 0 Å². The van der Waals surface area contributed by atoms with Gasteiger partial charge in [-0.3, -0.25) is 4.79 Å². The molecule has 6 heteroatoms. The van der Waals surface area contributed by atoms with Crippen molar-refractivity contribution in [2.24, 2.45) is 5.73 Å². The molecule has 2 rings (SSSR count). The van der Waals surface area contributed by atoms with Gasteiger partial charge in [-0.25, -0.2) is 4.98 Å². The quantitative estimate of drug-likeness (QED) is 0.839. The van der Waals surface area contributed by atoms with Gasteiger partial charge < -0.3 is 15.5 Å². The molecule has 1 aliphatic carbocycles. The van der Waals surface area contributed by atoms with Crippen LogP contribution in [-0.2, 0) is 0 Å². The van der Waals surface area contributed by atoms with Crippen molar-refractivity contribution in [3.8, 4) is 0 Å². The van der Waals surface area contributed by atoms with Crippen molar-refractivity contribution in [1.29, 1.82) is 0 Å². The Bertz CT molecular complexity index is 456. The fourth-order valence-corrected chi connectivity index (χ4v) is 3.28. The Hall–Kier alpha value is -1.01. The first kappa shape index (κ1) is 17.3. The Kier molecular flexibility index (Phi) is 7.25. The second-order valence-electron chi connectivity index (χ2n) is 5.97. The molecule has 22 heavy (non-hydrogen) atoms. The van der Waals surface area contributed by atoms with E-state index in [0.717, 1.165) is 25.0 Å². The predicted molar refractivity (Wildman–Crippen MR) is 90.0 cm³/mol. The first-order valence-corrected chi connectivity index (χ1v) is 9.61. The molecule has 1 aromatic heterocycles. The number of oxazole rings is 1. The third-order valence-corrected chi connectivity index (χ3v) is 4.79. The molecule has 1 amide bonds. The van der Waals surface area contributed by atoms with Gasteiger partial charge in [0.15, 0.2) is 5.69 Å². The normalized spacial score (nSPS) is 18.5. The Morgan fingerprint density at radius 1 is 1.41 bits per heavy atom. The summed E-state index contributed by atoms with van der Waals surface area (Å²) in [6, 6.07) is 0.0218. The highest BCUT2D eigenvalue weighted by molar-refractivity contribution is 7.98. The molecule has 0 saturated heterocycles. The topological polar surface area (TPSA) is 81.1 Å². The van der Waals surface area contributed by atoms with E-state index in [-0.39, 0.29) is 18.0 Å². The van der Waals surface area contributed by atoms with Gasteiger partial charge >= 0.3 is 0 Å². The molecule has 1 aliphatic rings. The van der Waals surface area contributed by atoms with E-state index < -0.39 is 0 Å². The molecule has 1 atom stereocenters. The van der Waals surface area contributed by atoms with Crippen LogP contribution in [0.15, 0.2) is 10.7 Å². The minimum atomic E-state index is -0.240. The van der Waals surface area contributed by atoms with Crippen molar-refractivity contribution in [2.45, 2.75) is 63.5 Å². The summed E-state index contributed by atoms with van der Waals surface area (Å²) in [4.78, 5) is 16.5. The lowest BCUT2D eigenvalue weighted by atomic mass is 9.97. The minimum absolute atomic E-state index is 0.141. The van der Waals surface area contributed by atoms with E-state index in [0.29, 0.717) is 11.6 Å². The number of nitrogens with two attached hydrogens (primary N) is 1. The van der Waals surface area contributed by atoms with Gasteiger partial charge in [-0.2, -0.15) is 11.8 Å². The highest BCUT2D eigenvalue weighted by atomic mass is 32.2. The molecular weight excluding hydrogens is 298 g/mol. The summed E-state index contributed by atoms with van der Waals surface area (Å²) in [5.41, 5.74) is 6.36. The molecule has 5 nitrogen and oxygen atoms in total. The van der Waals surface area contributed by atoms with E-state index in [1.807, 2.05) is 6.26 Å². The Labute approximate surface area is 136 Å². The maximum absolute atomic E-state index is 12.3. The second kappa shape index (κ2) is 9.20. The zero-order valence-electron chi connectivity index (χ0n) is 13.3. The number of nitrogens with one attached hydrogen (secondary N) is 1. The molecule has 1 saturated carbocycles.